The summed E-state index contributed by atoms with van der Waals surface area (Å²) in [6.45, 7) is 4.64. The molecule has 0 fully saturated rings. The second kappa shape index (κ2) is 7.15. The topological polar surface area (TPSA) is 49.3 Å². The fourth-order valence-corrected chi connectivity index (χ4v) is 2.62. The molecule has 1 amide bonds. The van der Waals surface area contributed by atoms with Crippen molar-refractivity contribution in [2.75, 3.05) is 12.4 Å². The molecule has 0 aromatic heterocycles. The maximum absolute atomic E-state index is 12.1. The van der Waals surface area contributed by atoms with E-state index in [1.54, 1.807) is 12.1 Å². The number of phenols is 1. The third kappa shape index (κ3) is 4.11. The Balaban J connectivity index is 2.77. The van der Waals surface area contributed by atoms with E-state index in [0.717, 1.165) is 17.3 Å². The highest BCUT2D eigenvalue weighted by atomic mass is 79.9. The quantitative estimate of drug-likeness (QED) is 0.765. The Bertz CT molecular complexity index is 439. The molecule has 3 nitrogen and oxygen atoms in total. The number of benzene rings is 1. The molecule has 0 saturated carbocycles. The molecule has 0 spiro atoms. The maximum Gasteiger partial charge on any atom is 0.255 e. The zero-order valence-corrected chi connectivity index (χ0v) is 13.5. The number of halogens is 2. The summed E-state index contributed by atoms with van der Waals surface area (Å²) in [6.07, 6.45) is 1.80. The van der Waals surface area contributed by atoms with Gasteiger partial charge in [0.2, 0.25) is 0 Å². The molecule has 0 saturated heterocycles. The Labute approximate surface area is 127 Å². The van der Waals surface area contributed by atoms with Crippen LogP contribution in [0.15, 0.2) is 22.7 Å². The van der Waals surface area contributed by atoms with Crippen LogP contribution in [0.2, 0.25) is 0 Å². The van der Waals surface area contributed by atoms with Gasteiger partial charge in [0.15, 0.2) is 0 Å². The molecule has 19 heavy (non-hydrogen) atoms. The van der Waals surface area contributed by atoms with Crippen molar-refractivity contribution >= 4 is 33.4 Å². The van der Waals surface area contributed by atoms with Crippen LogP contribution in [-0.4, -0.2) is 23.4 Å². The van der Waals surface area contributed by atoms with Crippen molar-refractivity contribution in [3.63, 3.8) is 0 Å². The molecule has 2 N–H and O–H groups in total. The highest BCUT2D eigenvalue weighted by Crippen LogP contribution is 2.27. The van der Waals surface area contributed by atoms with Gasteiger partial charge in [0, 0.05) is 22.3 Å². The lowest BCUT2D eigenvalue weighted by atomic mass is 9.84. The van der Waals surface area contributed by atoms with Crippen molar-refractivity contribution in [3.8, 4) is 5.75 Å². The number of phenolic OH excluding ortho intramolecular Hbond substituents is 1. The van der Waals surface area contributed by atoms with Gasteiger partial charge >= 0.3 is 0 Å². The second-order valence-electron chi connectivity index (χ2n) is 4.68. The monoisotopic (exact) mass is 347 g/mol. The van der Waals surface area contributed by atoms with E-state index in [-0.39, 0.29) is 22.6 Å². The second-order valence-corrected chi connectivity index (χ2v) is 5.87. The molecule has 0 aliphatic rings. The predicted molar refractivity (Wildman–Crippen MR) is 81.9 cm³/mol. The average Bonchev–Trinajstić information content (AvgIpc) is 2.43. The fraction of sp³-hybridized carbons (Fsp3) is 0.500. The molecule has 1 aromatic carbocycles. The van der Waals surface area contributed by atoms with Gasteiger partial charge in [0.25, 0.3) is 5.91 Å². The molecular formula is C14H19BrClNO2. The normalized spacial score (nSPS) is 11.4. The molecule has 1 aromatic rings. The minimum atomic E-state index is -0.282. The SMILES string of the molecule is CCC(CC)(CCl)CNC(=O)c1cc(Br)ccc1O. The molecular weight excluding hydrogens is 330 g/mol. The number of carbonyl (C=O) groups is 1. The van der Waals surface area contributed by atoms with E-state index in [4.69, 9.17) is 11.6 Å². The van der Waals surface area contributed by atoms with Gasteiger partial charge in [-0.15, -0.1) is 11.6 Å². The summed E-state index contributed by atoms with van der Waals surface area (Å²) in [5.41, 5.74) is 0.184. The number of carbonyl (C=O) groups excluding carboxylic acids is 1. The molecule has 0 aliphatic carbocycles. The van der Waals surface area contributed by atoms with Crippen LogP contribution in [0.4, 0.5) is 0 Å². The minimum absolute atomic E-state index is 0.0230. The zero-order valence-electron chi connectivity index (χ0n) is 11.2. The fourth-order valence-electron chi connectivity index (χ4n) is 1.79. The minimum Gasteiger partial charge on any atom is -0.507 e. The van der Waals surface area contributed by atoms with Crippen LogP contribution in [0.1, 0.15) is 37.0 Å². The van der Waals surface area contributed by atoms with Gasteiger partial charge in [0.1, 0.15) is 5.75 Å². The number of alkyl halides is 1. The number of amides is 1. The Kier molecular flexibility index (Phi) is 6.14. The van der Waals surface area contributed by atoms with Crippen LogP contribution in [0.5, 0.6) is 5.75 Å². The summed E-state index contributed by atoms with van der Waals surface area (Å²) in [5, 5.41) is 12.6. The van der Waals surface area contributed by atoms with E-state index in [9.17, 15) is 9.90 Å². The molecule has 1 rings (SSSR count). The number of aromatic hydroxyl groups is 1. The van der Waals surface area contributed by atoms with Crippen LogP contribution in [0.3, 0.4) is 0 Å². The number of hydrogen-bond donors (Lipinski definition) is 2. The summed E-state index contributed by atoms with van der Waals surface area (Å²) < 4.78 is 0.755. The van der Waals surface area contributed by atoms with Crippen molar-refractivity contribution in [3.05, 3.63) is 28.2 Å². The number of hydrogen-bond acceptors (Lipinski definition) is 2. The largest absolute Gasteiger partial charge is 0.507 e. The summed E-state index contributed by atoms with van der Waals surface area (Å²) in [4.78, 5) is 12.1. The van der Waals surface area contributed by atoms with E-state index in [2.05, 4.69) is 35.1 Å². The van der Waals surface area contributed by atoms with Gasteiger partial charge in [-0.3, -0.25) is 4.79 Å². The van der Waals surface area contributed by atoms with Gasteiger partial charge < -0.3 is 10.4 Å². The van der Waals surface area contributed by atoms with Gasteiger partial charge in [-0.2, -0.15) is 0 Å². The first-order valence-corrected chi connectivity index (χ1v) is 7.63. The molecule has 0 radical (unpaired) electrons. The third-order valence-electron chi connectivity index (χ3n) is 3.61. The molecule has 0 bridgehead atoms. The summed E-state index contributed by atoms with van der Waals surface area (Å²) >= 11 is 9.29. The van der Waals surface area contributed by atoms with Crippen molar-refractivity contribution < 1.29 is 9.90 Å². The summed E-state index contributed by atoms with van der Waals surface area (Å²) in [7, 11) is 0. The van der Waals surface area contributed by atoms with Crippen molar-refractivity contribution in [1.82, 2.24) is 5.32 Å². The molecule has 0 aliphatic heterocycles. The Morgan fingerprint density at radius 3 is 2.58 bits per heavy atom. The van der Waals surface area contributed by atoms with Crippen molar-refractivity contribution in [2.45, 2.75) is 26.7 Å². The van der Waals surface area contributed by atoms with Crippen molar-refractivity contribution in [1.29, 1.82) is 0 Å². The first-order valence-electron chi connectivity index (χ1n) is 6.30. The number of nitrogens with one attached hydrogen (secondary N) is 1. The van der Waals surface area contributed by atoms with Gasteiger partial charge in [-0.1, -0.05) is 29.8 Å². The van der Waals surface area contributed by atoms with E-state index < -0.39 is 0 Å². The molecule has 0 atom stereocenters. The first-order chi connectivity index (χ1) is 8.98. The highest BCUT2D eigenvalue weighted by molar-refractivity contribution is 9.10. The van der Waals surface area contributed by atoms with Gasteiger partial charge in [-0.25, -0.2) is 0 Å². The molecule has 5 heteroatoms. The lowest BCUT2D eigenvalue weighted by Crippen LogP contribution is -2.38. The lowest BCUT2D eigenvalue weighted by molar-refractivity contribution is 0.0929. The maximum atomic E-state index is 12.1. The van der Waals surface area contributed by atoms with Crippen molar-refractivity contribution in [2.24, 2.45) is 5.41 Å². The Morgan fingerprint density at radius 2 is 2.05 bits per heavy atom. The number of rotatable bonds is 6. The smallest absolute Gasteiger partial charge is 0.255 e. The van der Waals surface area contributed by atoms with E-state index >= 15 is 0 Å². The Hall–Kier alpha value is -0.740. The highest BCUT2D eigenvalue weighted by Gasteiger charge is 2.26. The molecule has 0 heterocycles. The lowest BCUT2D eigenvalue weighted by Gasteiger charge is -2.29. The molecule has 0 unspecified atom stereocenters. The zero-order chi connectivity index (χ0) is 14.5. The van der Waals surface area contributed by atoms with Crippen LogP contribution < -0.4 is 5.32 Å². The Morgan fingerprint density at radius 1 is 1.42 bits per heavy atom. The van der Waals surface area contributed by atoms with Crippen LogP contribution >= 0.6 is 27.5 Å². The summed E-state index contributed by atoms with van der Waals surface area (Å²) in [6, 6.07) is 4.78. The predicted octanol–water partition coefficient (Wildman–Crippen LogP) is 3.93. The van der Waals surface area contributed by atoms with E-state index in [1.165, 1.54) is 6.07 Å². The van der Waals surface area contributed by atoms with Gasteiger partial charge in [-0.05, 0) is 31.0 Å². The van der Waals surface area contributed by atoms with E-state index in [1.807, 2.05) is 0 Å². The van der Waals surface area contributed by atoms with Gasteiger partial charge in [0.05, 0.1) is 5.56 Å². The van der Waals surface area contributed by atoms with E-state index in [0.29, 0.717) is 12.4 Å². The standard InChI is InChI=1S/C14H19BrClNO2/c1-3-14(4-2,8-16)9-17-13(19)11-7-10(15)5-6-12(11)18/h5-7,18H,3-4,8-9H2,1-2H3,(H,17,19). The first kappa shape index (κ1) is 16.3. The third-order valence-corrected chi connectivity index (χ3v) is 4.67. The van der Waals surface area contributed by atoms with Crippen LogP contribution in [0, 0.1) is 5.41 Å². The van der Waals surface area contributed by atoms with Crippen LogP contribution in [0.25, 0.3) is 0 Å². The average molecular weight is 349 g/mol. The van der Waals surface area contributed by atoms with Crippen LogP contribution in [-0.2, 0) is 0 Å². The summed E-state index contributed by atoms with van der Waals surface area (Å²) in [5.74, 6) is 0.199. The molecule has 106 valence electrons.